The first-order valence-electron chi connectivity index (χ1n) is 9.56. The summed E-state index contributed by atoms with van der Waals surface area (Å²) in [5.74, 6) is -0.298. The van der Waals surface area contributed by atoms with Gasteiger partial charge in [0.2, 0.25) is 0 Å². The topological polar surface area (TPSA) is 114 Å². The molecule has 2 N–H and O–H groups in total. The van der Waals surface area contributed by atoms with Crippen molar-refractivity contribution in [3.8, 4) is 5.75 Å². The zero-order valence-electron chi connectivity index (χ0n) is 16.8. The Morgan fingerprint density at radius 1 is 1.06 bits per heavy atom. The van der Waals surface area contributed by atoms with E-state index < -0.39 is 17.2 Å². The van der Waals surface area contributed by atoms with E-state index in [1.807, 2.05) is 12.1 Å². The van der Waals surface area contributed by atoms with Gasteiger partial charge in [-0.15, -0.1) is 4.68 Å². The maximum atomic E-state index is 12.6. The maximum Gasteiger partial charge on any atom is 0.349 e. The highest BCUT2D eigenvalue weighted by Crippen LogP contribution is 2.29. The Bertz CT molecular complexity index is 1480. The van der Waals surface area contributed by atoms with Crippen LogP contribution in [0.4, 0.5) is 0 Å². The molecule has 0 aliphatic heterocycles. The first-order chi connectivity index (χ1) is 15.8. The van der Waals surface area contributed by atoms with Gasteiger partial charge in [0.25, 0.3) is 5.56 Å². The van der Waals surface area contributed by atoms with Crippen LogP contribution in [-0.4, -0.2) is 27.0 Å². The Morgan fingerprint density at radius 3 is 2.39 bits per heavy atom. The molecule has 3 aromatic carbocycles. The number of hydrogen-bond acceptors (Lipinski definition) is 5. The molecule has 166 valence electrons. The predicted octanol–water partition coefficient (Wildman–Crippen LogP) is 4.06. The summed E-state index contributed by atoms with van der Waals surface area (Å²) in [6, 6.07) is 16.9. The zero-order chi connectivity index (χ0) is 23.5. The number of carbonyl (C=O) groups is 1. The van der Waals surface area contributed by atoms with Gasteiger partial charge in [-0.3, -0.25) is 4.79 Å². The molecule has 0 saturated carbocycles. The van der Waals surface area contributed by atoms with E-state index in [-0.39, 0.29) is 12.2 Å². The number of nitrogens with one attached hydrogen (secondary N) is 1. The van der Waals surface area contributed by atoms with E-state index in [1.165, 1.54) is 18.3 Å². The lowest BCUT2D eigenvalue weighted by Crippen LogP contribution is -2.32. The van der Waals surface area contributed by atoms with Gasteiger partial charge < -0.3 is 14.8 Å². The van der Waals surface area contributed by atoms with Crippen molar-refractivity contribution in [1.29, 1.82) is 0 Å². The fourth-order valence-electron chi connectivity index (χ4n) is 3.07. The lowest BCUT2D eigenvalue weighted by Gasteiger charge is -2.11. The van der Waals surface area contributed by atoms with E-state index in [9.17, 15) is 14.4 Å². The van der Waals surface area contributed by atoms with Gasteiger partial charge in [-0.25, -0.2) is 9.59 Å². The van der Waals surface area contributed by atoms with Crippen molar-refractivity contribution in [3.05, 3.63) is 105 Å². The quantitative estimate of drug-likeness (QED) is 0.238. The van der Waals surface area contributed by atoms with Crippen molar-refractivity contribution in [2.24, 2.45) is 5.10 Å². The molecule has 0 saturated heterocycles. The van der Waals surface area contributed by atoms with Gasteiger partial charge in [-0.05, 0) is 92.7 Å². The van der Waals surface area contributed by atoms with E-state index in [2.05, 4.69) is 55.3 Å². The monoisotopic (exact) mass is 667 g/mol. The molecule has 4 rings (SSSR count). The minimum Gasteiger partial charge on any atom is -0.487 e. The normalized spacial score (nSPS) is 11.2. The third kappa shape index (κ3) is 5.16. The number of benzene rings is 3. The van der Waals surface area contributed by atoms with Crippen LogP contribution in [-0.2, 0) is 6.61 Å². The van der Waals surface area contributed by atoms with Crippen LogP contribution in [0.25, 0.3) is 10.9 Å². The van der Waals surface area contributed by atoms with Gasteiger partial charge in [0.05, 0.1) is 29.8 Å². The van der Waals surface area contributed by atoms with E-state index in [4.69, 9.17) is 9.84 Å². The van der Waals surface area contributed by atoms with Crippen LogP contribution >= 0.6 is 45.2 Å². The number of aromatic nitrogens is 2. The molecule has 33 heavy (non-hydrogen) atoms. The molecule has 10 heteroatoms. The van der Waals surface area contributed by atoms with Gasteiger partial charge >= 0.3 is 11.7 Å². The molecule has 0 atom stereocenters. The summed E-state index contributed by atoms with van der Waals surface area (Å²) in [5, 5.41) is 13.5. The number of carboxylic acid groups (broad SMARTS) is 1. The summed E-state index contributed by atoms with van der Waals surface area (Å²) >= 11 is 4.28. The first-order valence-corrected chi connectivity index (χ1v) is 11.7. The van der Waals surface area contributed by atoms with E-state index in [0.717, 1.165) is 17.4 Å². The second kappa shape index (κ2) is 9.87. The number of hydrogen-bond donors (Lipinski definition) is 2. The van der Waals surface area contributed by atoms with Gasteiger partial charge in [-0.2, -0.15) is 5.10 Å². The molecule has 0 amide bonds. The lowest BCUT2D eigenvalue weighted by atomic mass is 10.1. The number of carboxylic acids is 1. The van der Waals surface area contributed by atoms with E-state index >= 15 is 0 Å². The Labute approximate surface area is 214 Å². The fourth-order valence-corrected chi connectivity index (χ4v) is 5.20. The van der Waals surface area contributed by atoms with Crippen molar-refractivity contribution in [3.63, 3.8) is 0 Å². The summed E-state index contributed by atoms with van der Waals surface area (Å²) in [4.78, 5) is 38.5. The fraction of sp³-hybridized carbons (Fsp3) is 0.0435. The molecule has 0 unspecified atom stereocenters. The number of halogens is 2. The summed E-state index contributed by atoms with van der Waals surface area (Å²) < 4.78 is 8.38. The summed E-state index contributed by atoms with van der Waals surface area (Å²) in [6.07, 6.45) is 1.45. The summed E-state index contributed by atoms with van der Waals surface area (Å²) in [6.45, 7) is 0.279. The largest absolute Gasteiger partial charge is 0.487 e. The van der Waals surface area contributed by atoms with Crippen LogP contribution in [0.2, 0.25) is 0 Å². The van der Waals surface area contributed by atoms with Crippen molar-refractivity contribution >= 4 is 68.3 Å². The highest BCUT2D eigenvalue weighted by Gasteiger charge is 2.10. The average molecular weight is 667 g/mol. The van der Waals surface area contributed by atoms with Crippen LogP contribution in [0.3, 0.4) is 0 Å². The average Bonchev–Trinajstić information content (AvgIpc) is 2.78. The highest BCUT2D eigenvalue weighted by atomic mass is 127. The molecule has 0 radical (unpaired) electrons. The number of fused-ring (bicyclic) bond motifs is 1. The van der Waals surface area contributed by atoms with E-state index in [0.29, 0.717) is 22.2 Å². The number of para-hydroxylation sites is 1. The molecule has 0 bridgehead atoms. The number of rotatable bonds is 6. The van der Waals surface area contributed by atoms with Gasteiger partial charge in [0.1, 0.15) is 12.4 Å². The number of aromatic carboxylic acids is 1. The smallest absolute Gasteiger partial charge is 0.349 e. The molecule has 8 nitrogen and oxygen atoms in total. The number of H-pyrrole nitrogens is 1. The SMILES string of the molecule is O=C(O)c1ccc(COc2c(I)cc(C=Nn3c(=O)[nH]c4ccccc4c3=O)cc2I)cc1. The van der Waals surface area contributed by atoms with Crippen LogP contribution < -0.4 is 16.0 Å². The molecular formula is C23H15I2N3O5. The molecule has 4 aromatic rings. The summed E-state index contributed by atoms with van der Waals surface area (Å²) in [5.41, 5.74) is 1.10. The van der Waals surface area contributed by atoms with E-state index in [1.54, 1.807) is 36.4 Å². The third-order valence-corrected chi connectivity index (χ3v) is 6.31. The van der Waals surface area contributed by atoms with Crippen LogP contribution in [0.1, 0.15) is 21.5 Å². The number of aromatic amines is 1. The van der Waals surface area contributed by atoms with Crippen molar-refractivity contribution < 1.29 is 14.6 Å². The summed E-state index contributed by atoms with van der Waals surface area (Å²) in [7, 11) is 0. The van der Waals surface area contributed by atoms with Gasteiger partial charge in [0, 0.05) is 0 Å². The van der Waals surface area contributed by atoms with Crippen molar-refractivity contribution in [2.45, 2.75) is 6.61 Å². The first kappa shape index (κ1) is 23.2. The van der Waals surface area contributed by atoms with Crippen LogP contribution in [0, 0.1) is 7.14 Å². The molecule has 0 spiro atoms. The van der Waals surface area contributed by atoms with Crippen LogP contribution in [0.5, 0.6) is 5.75 Å². The lowest BCUT2D eigenvalue weighted by molar-refractivity contribution is 0.0697. The predicted molar refractivity (Wildman–Crippen MR) is 141 cm³/mol. The molecule has 1 heterocycles. The van der Waals surface area contributed by atoms with Crippen molar-refractivity contribution in [1.82, 2.24) is 9.66 Å². The second-order valence-electron chi connectivity index (χ2n) is 6.94. The molecule has 0 aliphatic rings. The standard InChI is InChI=1S/C23H15I2N3O5/c24-17-9-14(11-26-28-21(29)16-3-1-2-4-19(16)27-23(28)32)10-18(25)20(17)33-12-13-5-7-15(8-6-13)22(30)31/h1-11H,12H2,(H,27,32)(H,30,31). The Balaban J connectivity index is 1.56. The van der Waals surface area contributed by atoms with Crippen molar-refractivity contribution in [2.75, 3.05) is 0 Å². The zero-order valence-corrected chi connectivity index (χ0v) is 21.1. The molecule has 0 fully saturated rings. The van der Waals surface area contributed by atoms with Crippen LogP contribution in [0.15, 0.2) is 75.4 Å². The minimum absolute atomic E-state index is 0.218. The number of ether oxygens (including phenoxy) is 1. The second-order valence-corrected chi connectivity index (χ2v) is 9.27. The molecule has 1 aromatic heterocycles. The Kier molecular flexibility index (Phi) is 6.93. The Hall–Kier alpha value is -3.00. The number of nitrogens with zero attached hydrogens (tertiary/aromatic N) is 2. The maximum absolute atomic E-state index is 12.6. The third-order valence-electron chi connectivity index (χ3n) is 4.71. The molecule has 0 aliphatic carbocycles. The Morgan fingerprint density at radius 2 is 1.73 bits per heavy atom. The molecular weight excluding hydrogens is 652 g/mol. The van der Waals surface area contributed by atoms with Gasteiger partial charge in [-0.1, -0.05) is 24.3 Å². The highest BCUT2D eigenvalue weighted by molar-refractivity contribution is 14.1. The van der Waals surface area contributed by atoms with Gasteiger partial charge in [0.15, 0.2) is 0 Å². The minimum atomic E-state index is -0.975.